The maximum atomic E-state index is 13.7. The lowest BCUT2D eigenvalue weighted by molar-refractivity contribution is -0.141. The van der Waals surface area contributed by atoms with Gasteiger partial charge < -0.3 is 24.8 Å². The van der Waals surface area contributed by atoms with Crippen LogP contribution in [-0.2, 0) is 41.5 Å². The van der Waals surface area contributed by atoms with Crippen molar-refractivity contribution in [2.45, 2.75) is 50.8 Å². The first-order valence-corrected chi connectivity index (χ1v) is 13.2. The number of ketones is 2. The van der Waals surface area contributed by atoms with Crippen molar-refractivity contribution in [2.24, 2.45) is 11.8 Å². The van der Waals surface area contributed by atoms with E-state index in [1.54, 1.807) is 33.1 Å². The minimum Gasteiger partial charge on any atom is -0.497 e. The predicted molar refractivity (Wildman–Crippen MR) is 143 cm³/mol. The van der Waals surface area contributed by atoms with Gasteiger partial charge in [0.1, 0.15) is 11.4 Å². The van der Waals surface area contributed by atoms with Crippen LogP contribution in [0.2, 0.25) is 0 Å². The Labute approximate surface area is 228 Å². The smallest absolute Gasteiger partial charge is 0.228 e. The molecule has 2 aliphatic heterocycles. The highest BCUT2D eigenvalue weighted by molar-refractivity contribution is 5.98. The minimum atomic E-state index is -0.919. The molecule has 2 saturated heterocycles. The summed E-state index contributed by atoms with van der Waals surface area (Å²) < 4.78 is 15.7. The fourth-order valence-corrected chi connectivity index (χ4v) is 4.49. The summed E-state index contributed by atoms with van der Waals surface area (Å²) in [5.74, 6) is -1.42. The maximum Gasteiger partial charge on any atom is 0.228 e. The average molecular weight is 537 g/mol. The molecule has 0 spiro atoms. The Balaban J connectivity index is 1.50. The van der Waals surface area contributed by atoms with Crippen molar-refractivity contribution < 1.29 is 33.4 Å². The minimum absolute atomic E-state index is 0.0967. The topological polar surface area (TPSA) is 123 Å². The zero-order valence-corrected chi connectivity index (χ0v) is 22.6. The SMILES string of the molecule is COc1ccc(C[C@H](CC(=O)[C@H](C)NC(=O)C2COC2)C(=O)N[C@@H](Cc2ccccc2)C(=O)[C@@]2(C)CO2)cc1. The number of Topliss-reactive ketones (excluding diaryl/α,β-unsaturated/α-hetero) is 2. The van der Waals surface area contributed by atoms with E-state index in [-0.39, 0.29) is 36.2 Å². The van der Waals surface area contributed by atoms with Crippen LogP contribution in [0.1, 0.15) is 31.4 Å². The lowest BCUT2D eigenvalue weighted by Gasteiger charge is -2.27. The highest BCUT2D eigenvalue weighted by atomic mass is 16.6. The molecular formula is C30H36N2O7. The Bertz CT molecular complexity index is 1170. The van der Waals surface area contributed by atoms with E-state index in [4.69, 9.17) is 14.2 Å². The van der Waals surface area contributed by atoms with Crippen molar-refractivity contribution in [3.05, 3.63) is 65.7 Å². The summed E-state index contributed by atoms with van der Waals surface area (Å²) >= 11 is 0. The number of carbonyl (C=O) groups excluding carboxylic acids is 4. The van der Waals surface area contributed by atoms with Crippen LogP contribution in [0.4, 0.5) is 0 Å². The van der Waals surface area contributed by atoms with E-state index >= 15 is 0 Å². The van der Waals surface area contributed by atoms with Gasteiger partial charge in [0.25, 0.3) is 0 Å². The van der Waals surface area contributed by atoms with Crippen LogP contribution in [0.25, 0.3) is 0 Å². The van der Waals surface area contributed by atoms with Gasteiger partial charge in [-0.25, -0.2) is 0 Å². The van der Waals surface area contributed by atoms with Crippen molar-refractivity contribution in [2.75, 3.05) is 26.9 Å². The summed E-state index contributed by atoms with van der Waals surface area (Å²) in [5, 5.41) is 5.66. The molecule has 0 aliphatic carbocycles. The standard InChI is InChI=1S/C30H36N2O7/c1-19(31-29(36)23-16-38-17-23)26(33)15-22(13-21-9-11-24(37-3)12-10-21)28(35)32-25(27(34)30(2)18-39-30)14-20-7-5-4-6-8-20/h4-12,19,22-23,25H,13-18H2,1-3H3,(H,31,36)(H,32,35)/t19-,22+,25-,30+/m0/s1. The number of carbonyl (C=O) groups is 4. The summed E-state index contributed by atoms with van der Waals surface area (Å²) in [7, 11) is 1.57. The fraction of sp³-hybridized carbons (Fsp3) is 0.467. The molecule has 0 saturated carbocycles. The van der Waals surface area contributed by atoms with Gasteiger partial charge in [-0.15, -0.1) is 0 Å². The van der Waals surface area contributed by atoms with Crippen LogP contribution in [0, 0.1) is 11.8 Å². The van der Waals surface area contributed by atoms with E-state index in [1.165, 1.54) is 0 Å². The number of nitrogens with one attached hydrogen (secondary N) is 2. The first-order chi connectivity index (χ1) is 18.7. The lowest BCUT2D eigenvalue weighted by Crippen LogP contribution is -2.50. The van der Waals surface area contributed by atoms with E-state index in [0.717, 1.165) is 11.1 Å². The number of benzene rings is 2. The molecule has 2 heterocycles. The Morgan fingerprint density at radius 2 is 1.62 bits per heavy atom. The summed E-state index contributed by atoms with van der Waals surface area (Å²) in [6, 6.07) is 15.2. The Kier molecular flexibility index (Phi) is 9.14. The van der Waals surface area contributed by atoms with E-state index in [9.17, 15) is 19.2 Å². The molecule has 2 aliphatic rings. The number of methoxy groups -OCH3 is 1. The highest BCUT2D eigenvalue weighted by Gasteiger charge is 2.50. The van der Waals surface area contributed by atoms with Crippen LogP contribution < -0.4 is 15.4 Å². The Morgan fingerprint density at radius 1 is 0.974 bits per heavy atom. The van der Waals surface area contributed by atoms with Crippen molar-refractivity contribution in [3.63, 3.8) is 0 Å². The zero-order valence-electron chi connectivity index (χ0n) is 22.6. The first-order valence-electron chi connectivity index (χ1n) is 13.2. The van der Waals surface area contributed by atoms with Crippen LogP contribution in [0.5, 0.6) is 5.75 Å². The highest BCUT2D eigenvalue weighted by Crippen LogP contribution is 2.29. The summed E-state index contributed by atoms with van der Waals surface area (Å²) in [4.78, 5) is 52.5. The molecule has 0 bridgehead atoms. The van der Waals surface area contributed by atoms with Gasteiger partial charge in [0.15, 0.2) is 11.6 Å². The molecule has 4 rings (SSSR count). The summed E-state index contributed by atoms with van der Waals surface area (Å²) in [6.07, 6.45) is 0.489. The average Bonchev–Trinajstić information content (AvgIpc) is 3.65. The molecule has 0 radical (unpaired) electrons. The van der Waals surface area contributed by atoms with Crippen molar-refractivity contribution in [3.8, 4) is 5.75 Å². The molecule has 4 atom stereocenters. The van der Waals surface area contributed by atoms with E-state index in [1.807, 2.05) is 42.5 Å². The van der Waals surface area contributed by atoms with Crippen molar-refractivity contribution in [1.29, 1.82) is 0 Å². The van der Waals surface area contributed by atoms with E-state index in [2.05, 4.69) is 10.6 Å². The van der Waals surface area contributed by atoms with Gasteiger partial charge in [-0.05, 0) is 49.9 Å². The van der Waals surface area contributed by atoms with Crippen LogP contribution in [0.3, 0.4) is 0 Å². The molecule has 2 N–H and O–H groups in total. The van der Waals surface area contributed by atoms with Gasteiger partial charge in [-0.3, -0.25) is 19.2 Å². The molecule has 2 amide bonds. The largest absolute Gasteiger partial charge is 0.497 e. The first kappa shape index (κ1) is 28.4. The molecule has 9 heteroatoms. The number of hydrogen-bond acceptors (Lipinski definition) is 7. The number of epoxide rings is 1. The number of ether oxygens (including phenoxy) is 3. The van der Waals surface area contributed by atoms with E-state index < -0.39 is 29.5 Å². The van der Waals surface area contributed by atoms with Crippen molar-refractivity contribution >= 4 is 23.4 Å². The fourth-order valence-electron chi connectivity index (χ4n) is 4.49. The van der Waals surface area contributed by atoms with Crippen LogP contribution >= 0.6 is 0 Å². The van der Waals surface area contributed by atoms with Gasteiger partial charge in [0.05, 0.1) is 44.9 Å². The maximum absolute atomic E-state index is 13.7. The summed E-state index contributed by atoms with van der Waals surface area (Å²) in [6.45, 7) is 4.33. The molecule has 2 fully saturated rings. The normalized spacial score (nSPS) is 20.6. The van der Waals surface area contributed by atoms with Crippen LogP contribution in [0.15, 0.2) is 54.6 Å². The molecular weight excluding hydrogens is 500 g/mol. The zero-order chi connectivity index (χ0) is 28.0. The molecule has 9 nitrogen and oxygen atoms in total. The van der Waals surface area contributed by atoms with Crippen molar-refractivity contribution in [1.82, 2.24) is 10.6 Å². The third kappa shape index (κ3) is 7.52. The monoisotopic (exact) mass is 536 g/mol. The molecule has 2 aromatic rings. The quantitative estimate of drug-likeness (QED) is 0.354. The molecule has 39 heavy (non-hydrogen) atoms. The van der Waals surface area contributed by atoms with Gasteiger partial charge in [-0.1, -0.05) is 42.5 Å². The number of amides is 2. The molecule has 208 valence electrons. The summed E-state index contributed by atoms with van der Waals surface area (Å²) in [5.41, 5.74) is 0.827. The second kappa shape index (κ2) is 12.5. The van der Waals surface area contributed by atoms with E-state index in [0.29, 0.717) is 32.0 Å². The van der Waals surface area contributed by atoms with Gasteiger partial charge >= 0.3 is 0 Å². The third-order valence-corrected chi connectivity index (χ3v) is 7.32. The van der Waals surface area contributed by atoms with Gasteiger partial charge in [-0.2, -0.15) is 0 Å². The number of hydrogen-bond donors (Lipinski definition) is 2. The predicted octanol–water partition coefficient (Wildman–Crippen LogP) is 2.05. The molecule has 0 unspecified atom stereocenters. The lowest BCUT2D eigenvalue weighted by atomic mass is 9.89. The molecule has 0 aromatic heterocycles. The Hall–Kier alpha value is -3.56. The Morgan fingerprint density at radius 3 is 2.18 bits per heavy atom. The van der Waals surface area contributed by atoms with Crippen LogP contribution in [-0.4, -0.2) is 68.0 Å². The van der Waals surface area contributed by atoms with Gasteiger partial charge in [0, 0.05) is 12.3 Å². The third-order valence-electron chi connectivity index (χ3n) is 7.32. The second-order valence-electron chi connectivity index (χ2n) is 10.5. The second-order valence-corrected chi connectivity index (χ2v) is 10.5. The molecule has 2 aromatic carbocycles. The van der Waals surface area contributed by atoms with Gasteiger partial charge in [0.2, 0.25) is 11.8 Å². The number of rotatable bonds is 14.